The molecule has 158 valence electrons. The minimum absolute atomic E-state index is 0.0398. The Bertz CT molecular complexity index is 1050. The summed E-state index contributed by atoms with van der Waals surface area (Å²) in [5.74, 6) is 0.0817. The molecule has 1 amide bonds. The highest BCUT2D eigenvalue weighted by Crippen LogP contribution is 2.68. The number of hydrogen-bond donors (Lipinski definition) is 2. The molecule has 8 nitrogen and oxygen atoms in total. The smallest absolute Gasteiger partial charge is 0.335 e. The Balaban J connectivity index is 1.66. The number of amides is 1. The van der Waals surface area contributed by atoms with Crippen molar-refractivity contribution in [2.24, 2.45) is 5.41 Å². The fourth-order valence-electron chi connectivity index (χ4n) is 6.83. The van der Waals surface area contributed by atoms with Gasteiger partial charge in [0.2, 0.25) is 0 Å². The highest BCUT2D eigenvalue weighted by atomic mass is 16.6. The predicted octanol–water partition coefficient (Wildman–Crippen LogP) is 1.67. The first-order valence-electron chi connectivity index (χ1n) is 10.4. The lowest BCUT2D eigenvalue weighted by Gasteiger charge is -2.54. The number of nitrogens with one attached hydrogen (secondary N) is 1. The monoisotopic (exact) mass is 412 g/mol. The van der Waals surface area contributed by atoms with Crippen molar-refractivity contribution in [3.63, 3.8) is 0 Å². The Morgan fingerprint density at radius 3 is 2.90 bits per heavy atom. The lowest BCUT2D eigenvalue weighted by atomic mass is 9.53. The molecule has 4 heterocycles. The Morgan fingerprint density at radius 2 is 2.20 bits per heavy atom. The van der Waals surface area contributed by atoms with Crippen molar-refractivity contribution < 1.29 is 28.9 Å². The van der Waals surface area contributed by atoms with E-state index in [2.05, 4.69) is 12.2 Å². The van der Waals surface area contributed by atoms with E-state index in [0.717, 1.165) is 23.4 Å². The highest BCUT2D eigenvalue weighted by molar-refractivity contribution is 5.95. The predicted molar refractivity (Wildman–Crippen MR) is 105 cm³/mol. The van der Waals surface area contributed by atoms with Crippen LogP contribution in [-0.2, 0) is 24.5 Å². The molecule has 3 saturated heterocycles. The van der Waals surface area contributed by atoms with E-state index in [1.54, 1.807) is 12.1 Å². The molecule has 0 aromatic heterocycles. The summed E-state index contributed by atoms with van der Waals surface area (Å²) in [6.07, 6.45) is 1.34. The number of rotatable bonds is 3. The van der Waals surface area contributed by atoms with Gasteiger partial charge in [0.1, 0.15) is 6.10 Å². The maximum absolute atomic E-state index is 13.1. The number of fused-ring (bicyclic) bond motifs is 3. The van der Waals surface area contributed by atoms with Crippen LogP contribution in [0.5, 0.6) is 11.5 Å². The number of carbonyl (C=O) groups is 2. The van der Waals surface area contributed by atoms with Gasteiger partial charge >= 0.3 is 5.97 Å². The summed E-state index contributed by atoms with van der Waals surface area (Å²) >= 11 is 0. The van der Waals surface area contributed by atoms with E-state index >= 15 is 0 Å². The van der Waals surface area contributed by atoms with E-state index in [1.165, 1.54) is 14.2 Å². The van der Waals surface area contributed by atoms with Gasteiger partial charge in [0, 0.05) is 29.4 Å². The van der Waals surface area contributed by atoms with Crippen LogP contribution in [0.4, 0.5) is 5.69 Å². The van der Waals surface area contributed by atoms with Gasteiger partial charge in [-0.2, -0.15) is 0 Å². The fourth-order valence-corrected chi connectivity index (χ4v) is 6.83. The van der Waals surface area contributed by atoms with Crippen LogP contribution < -0.4 is 10.1 Å². The van der Waals surface area contributed by atoms with Gasteiger partial charge in [0.25, 0.3) is 5.91 Å². The first-order valence-corrected chi connectivity index (χ1v) is 10.4. The molecule has 30 heavy (non-hydrogen) atoms. The lowest BCUT2D eigenvalue weighted by molar-refractivity contribution is -0.141. The molecule has 3 fully saturated rings. The summed E-state index contributed by atoms with van der Waals surface area (Å²) in [7, 11) is 2.90. The number of phenolic OH excluding ortho intramolecular Hbond substituents is 1. The summed E-state index contributed by atoms with van der Waals surface area (Å²) in [5, 5.41) is 14.0. The van der Waals surface area contributed by atoms with Crippen LogP contribution in [0.1, 0.15) is 31.7 Å². The lowest BCUT2D eigenvalue weighted by Crippen LogP contribution is -2.64. The summed E-state index contributed by atoms with van der Waals surface area (Å²) in [5.41, 5.74) is 2.11. The van der Waals surface area contributed by atoms with Gasteiger partial charge < -0.3 is 29.5 Å². The molecule has 4 aliphatic heterocycles. The third-order valence-electron chi connectivity index (χ3n) is 8.06. The third kappa shape index (κ3) is 1.79. The molecule has 1 aromatic rings. The number of phenols is 1. The number of nitrogens with zero attached hydrogens (tertiary/aromatic N) is 1. The van der Waals surface area contributed by atoms with Crippen molar-refractivity contribution in [1.82, 2.24) is 4.90 Å². The second-order valence-corrected chi connectivity index (χ2v) is 8.94. The number of epoxide rings is 1. The number of aromatic hydroxyl groups is 1. The molecule has 6 rings (SSSR count). The quantitative estimate of drug-likeness (QED) is 0.443. The molecule has 0 saturated carbocycles. The van der Waals surface area contributed by atoms with Gasteiger partial charge in [-0.1, -0.05) is 6.92 Å². The Kier molecular flexibility index (Phi) is 3.30. The summed E-state index contributed by atoms with van der Waals surface area (Å²) in [4.78, 5) is 28.0. The minimum Gasteiger partial charge on any atom is -0.504 e. The molecule has 1 spiro atoms. The molecule has 5 aliphatic rings. The average Bonchev–Trinajstić information content (AvgIpc) is 3.38. The van der Waals surface area contributed by atoms with Crippen molar-refractivity contribution >= 4 is 17.6 Å². The van der Waals surface area contributed by atoms with Crippen molar-refractivity contribution in [2.75, 3.05) is 26.1 Å². The SMILES string of the molecule is CC[C@@]12CC(C(=O)OC)=C3Nc4cc(OC)c(O)cc4[C@@]34CCN(C(=O)[C@@H]3O[C@@H]31)C24. The zero-order chi connectivity index (χ0) is 21.0. The first-order chi connectivity index (χ1) is 14.4. The molecule has 8 heteroatoms. The Labute approximate surface area is 173 Å². The standard InChI is InChI=1S/C22H24N2O6/c1-4-21-9-10(19(27)29-3)16-22(11-7-13(25)14(28-2)8-12(11)23-16)5-6-24(20(21)22)18(26)15-17(21)30-15/h7-8,15,17,20,23,25H,4-6,9H2,1-3H3/t15-,17+,20?,21-,22+/m1/s1. The zero-order valence-corrected chi connectivity index (χ0v) is 17.2. The number of benzene rings is 1. The molecule has 1 aliphatic carbocycles. The number of methoxy groups -OCH3 is 2. The molecule has 5 atom stereocenters. The van der Waals surface area contributed by atoms with Crippen LogP contribution in [0, 0.1) is 5.41 Å². The number of ether oxygens (including phenoxy) is 3. The maximum atomic E-state index is 13.1. The molecular weight excluding hydrogens is 388 g/mol. The van der Waals surface area contributed by atoms with E-state index in [4.69, 9.17) is 14.2 Å². The van der Waals surface area contributed by atoms with Crippen LogP contribution in [0.25, 0.3) is 0 Å². The molecule has 0 radical (unpaired) electrons. The average molecular weight is 412 g/mol. The maximum Gasteiger partial charge on any atom is 0.335 e. The molecule has 0 bridgehead atoms. The topological polar surface area (TPSA) is 101 Å². The van der Waals surface area contributed by atoms with E-state index in [0.29, 0.717) is 30.7 Å². The van der Waals surface area contributed by atoms with Crippen LogP contribution in [0.2, 0.25) is 0 Å². The largest absolute Gasteiger partial charge is 0.504 e. The van der Waals surface area contributed by atoms with Crippen LogP contribution >= 0.6 is 0 Å². The minimum atomic E-state index is -0.608. The number of carbonyl (C=O) groups excluding carboxylic acids is 2. The first kappa shape index (κ1) is 18.1. The van der Waals surface area contributed by atoms with Crippen LogP contribution in [0.3, 0.4) is 0 Å². The van der Waals surface area contributed by atoms with Crippen molar-refractivity contribution in [3.05, 3.63) is 29.0 Å². The zero-order valence-electron chi connectivity index (χ0n) is 17.2. The second-order valence-electron chi connectivity index (χ2n) is 8.94. The van der Waals surface area contributed by atoms with Crippen molar-refractivity contribution in [1.29, 1.82) is 0 Å². The Hall–Kier alpha value is -2.74. The normalized spacial score (nSPS) is 37.1. The van der Waals surface area contributed by atoms with E-state index in [9.17, 15) is 14.7 Å². The van der Waals surface area contributed by atoms with Gasteiger partial charge in [-0.25, -0.2) is 4.79 Å². The molecular formula is C22H24N2O6. The number of anilines is 1. The summed E-state index contributed by atoms with van der Waals surface area (Å²) in [6, 6.07) is 3.34. The van der Waals surface area contributed by atoms with Crippen LogP contribution in [-0.4, -0.2) is 60.9 Å². The van der Waals surface area contributed by atoms with Gasteiger partial charge in [-0.3, -0.25) is 4.79 Å². The van der Waals surface area contributed by atoms with E-state index < -0.39 is 11.5 Å². The van der Waals surface area contributed by atoms with E-state index in [-0.39, 0.29) is 35.2 Å². The molecule has 2 N–H and O–H groups in total. The number of piperidine rings is 1. The number of esters is 1. The Morgan fingerprint density at radius 1 is 1.40 bits per heavy atom. The van der Waals surface area contributed by atoms with Crippen LogP contribution in [0.15, 0.2) is 23.4 Å². The van der Waals surface area contributed by atoms with Gasteiger partial charge in [-0.05, 0) is 30.9 Å². The van der Waals surface area contributed by atoms with Gasteiger partial charge in [0.15, 0.2) is 17.6 Å². The van der Waals surface area contributed by atoms with Crippen molar-refractivity contribution in [2.45, 2.75) is 49.9 Å². The van der Waals surface area contributed by atoms with E-state index in [1.807, 2.05) is 4.90 Å². The number of hydrogen-bond acceptors (Lipinski definition) is 7. The highest BCUT2D eigenvalue weighted by Gasteiger charge is 2.76. The van der Waals surface area contributed by atoms with Crippen molar-refractivity contribution in [3.8, 4) is 11.5 Å². The summed E-state index contributed by atoms with van der Waals surface area (Å²) in [6.45, 7) is 2.69. The van der Waals surface area contributed by atoms with Gasteiger partial charge in [-0.15, -0.1) is 0 Å². The second kappa shape index (κ2) is 5.49. The molecule has 1 unspecified atom stereocenters. The fraction of sp³-hybridized carbons (Fsp3) is 0.545. The van der Waals surface area contributed by atoms with Gasteiger partial charge in [0.05, 0.1) is 31.2 Å². The third-order valence-corrected chi connectivity index (χ3v) is 8.06. The molecule has 1 aromatic carbocycles. The summed E-state index contributed by atoms with van der Waals surface area (Å²) < 4.78 is 16.4.